The largest absolute Gasteiger partial charge is 0.480 e. The maximum absolute atomic E-state index is 12.3. The van der Waals surface area contributed by atoms with Crippen molar-refractivity contribution in [1.82, 2.24) is 20.3 Å². The molecule has 2 rings (SSSR count). The van der Waals surface area contributed by atoms with Crippen molar-refractivity contribution in [2.75, 3.05) is 0 Å². The number of aliphatic carboxylic acids is 1. The fourth-order valence-electron chi connectivity index (χ4n) is 2.25. The van der Waals surface area contributed by atoms with E-state index in [0.29, 0.717) is 12.1 Å². The number of nitrogens with one attached hydrogen (secondary N) is 1. The van der Waals surface area contributed by atoms with Crippen molar-refractivity contribution in [3.8, 4) is 5.69 Å². The average Bonchev–Trinajstić information content (AvgIpc) is 2.93. The number of unbranched alkanes of at least 4 members (excludes halogenated alkanes) is 1. The molecule has 0 aliphatic rings. The minimum atomic E-state index is -1.04. The molecular formula is C16H20N4O3. The lowest BCUT2D eigenvalue weighted by Gasteiger charge is -2.13. The maximum Gasteiger partial charge on any atom is 0.326 e. The first-order valence-corrected chi connectivity index (χ1v) is 7.56. The highest BCUT2D eigenvalue weighted by Crippen LogP contribution is 2.12. The van der Waals surface area contributed by atoms with Crippen LogP contribution in [0.5, 0.6) is 0 Å². The Morgan fingerprint density at radius 1 is 1.30 bits per heavy atom. The number of hydrogen-bond acceptors (Lipinski definition) is 4. The molecule has 122 valence electrons. The van der Waals surface area contributed by atoms with Gasteiger partial charge >= 0.3 is 5.97 Å². The number of aromatic nitrogens is 3. The molecule has 0 fully saturated rings. The summed E-state index contributed by atoms with van der Waals surface area (Å²) in [4.78, 5) is 23.5. The second-order valence-corrected chi connectivity index (χ2v) is 5.28. The van der Waals surface area contributed by atoms with E-state index in [0.717, 1.165) is 18.5 Å². The molecular weight excluding hydrogens is 296 g/mol. The number of carboxylic acids is 1. The van der Waals surface area contributed by atoms with Gasteiger partial charge in [0, 0.05) is 0 Å². The molecule has 0 saturated carbocycles. The molecule has 1 heterocycles. The van der Waals surface area contributed by atoms with E-state index in [1.807, 2.05) is 37.3 Å². The standard InChI is InChI=1S/C16H20N4O3/c1-3-4-10-13(16(22)23)17-15(21)14-11(2)20(19-18-14)12-8-6-5-7-9-12/h5-9,13H,3-4,10H2,1-2H3,(H,17,21)(H,22,23). The smallest absolute Gasteiger partial charge is 0.326 e. The Labute approximate surface area is 134 Å². The number of carboxylic acid groups (broad SMARTS) is 1. The number of rotatable bonds is 7. The van der Waals surface area contributed by atoms with Gasteiger partial charge in [-0.25, -0.2) is 9.48 Å². The predicted octanol–water partition coefficient (Wildman–Crippen LogP) is 1.95. The van der Waals surface area contributed by atoms with Crippen LogP contribution in [0.4, 0.5) is 0 Å². The minimum absolute atomic E-state index is 0.136. The molecule has 1 amide bonds. The number of para-hydroxylation sites is 1. The third-order valence-corrected chi connectivity index (χ3v) is 3.56. The van der Waals surface area contributed by atoms with Crippen molar-refractivity contribution in [2.24, 2.45) is 0 Å². The lowest BCUT2D eigenvalue weighted by molar-refractivity contribution is -0.139. The van der Waals surface area contributed by atoms with Crippen LogP contribution in [0.1, 0.15) is 42.4 Å². The van der Waals surface area contributed by atoms with E-state index in [9.17, 15) is 14.7 Å². The van der Waals surface area contributed by atoms with Gasteiger partial charge in [0.1, 0.15) is 6.04 Å². The summed E-state index contributed by atoms with van der Waals surface area (Å²) in [6, 6.07) is 8.40. The lowest BCUT2D eigenvalue weighted by Crippen LogP contribution is -2.41. The summed E-state index contributed by atoms with van der Waals surface area (Å²) in [7, 11) is 0. The normalized spacial score (nSPS) is 11.9. The van der Waals surface area contributed by atoms with E-state index < -0.39 is 17.9 Å². The molecule has 1 atom stereocenters. The van der Waals surface area contributed by atoms with E-state index in [1.54, 1.807) is 11.6 Å². The Kier molecular flexibility index (Phi) is 5.46. The monoisotopic (exact) mass is 316 g/mol. The van der Waals surface area contributed by atoms with Gasteiger partial charge in [0.15, 0.2) is 5.69 Å². The van der Waals surface area contributed by atoms with Crippen molar-refractivity contribution >= 4 is 11.9 Å². The molecule has 0 spiro atoms. The van der Waals surface area contributed by atoms with Crippen molar-refractivity contribution in [3.05, 3.63) is 41.7 Å². The summed E-state index contributed by atoms with van der Waals surface area (Å²) < 4.78 is 1.55. The molecule has 1 aromatic carbocycles. The lowest BCUT2D eigenvalue weighted by atomic mass is 10.1. The molecule has 0 radical (unpaired) electrons. The van der Waals surface area contributed by atoms with E-state index in [1.165, 1.54) is 0 Å². The van der Waals surface area contributed by atoms with E-state index in [2.05, 4.69) is 15.6 Å². The molecule has 2 N–H and O–H groups in total. The molecule has 0 aliphatic heterocycles. The first-order chi connectivity index (χ1) is 11.0. The summed E-state index contributed by atoms with van der Waals surface area (Å²) >= 11 is 0. The van der Waals surface area contributed by atoms with Gasteiger partial charge in [0.05, 0.1) is 11.4 Å². The van der Waals surface area contributed by atoms with Crippen LogP contribution >= 0.6 is 0 Å². The zero-order valence-corrected chi connectivity index (χ0v) is 13.2. The maximum atomic E-state index is 12.3. The van der Waals surface area contributed by atoms with Crippen LogP contribution in [0, 0.1) is 6.92 Å². The molecule has 0 aliphatic carbocycles. The van der Waals surface area contributed by atoms with Crippen LogP contribution in [0.15, 0.2) is 30.3 Å². The van der Waals surface area contributed by atoms with Crippen LogP contribution in [-0.4, -0.2) is 38.0 Å². The SMILES string of the molecule is CCCCC(NC(=O)c1nnn(-c2ccccc2)c1C)C(=O)O. The number of carbonyl (C=O) groups excluding carboxylic acids is 1. The second-order valence-electron chi connectivity index (χ2n) is 5.28. The average molecular weight is 316 g/mol. The molecule has 0 bridgehead atoms. The van der Waals surface area contributed by atoms with Crippen molar-refractivity contribution in [1.29, 1.82) is 0 Å². The van der Waals surface area contributed by atoms with Gasteiger partial charge in [0.25, 0.3) is 5.91 Å². The van der Waals surface area contributed by atoms with Crippen LogP contribution in [0.25, 0.3) is 5.69 Å². The molecule has 2 aromatic rings. The number of amides is 1. The van der Waals surface area contributed by atoms with Crippen molar-refractivity contribution in [2.45, 2.75) is 39.2 Å². The van der Waals surface area contributed by atoms with Gasteiger partial charge in [-0.1, -0.05) is 43.2 Å². The number of carbonyl (C=O) groups is 2. The van der Waals surface area contributed by atoms with Gasteiger partial charge in [-0.3, -0.25) is 4.79 Å². The zero-order valence-electron chi connectivity index (χ0n) is 13.2. The number of hydrogen-bond donors (Lipinski definition) is 2. The van der Waals surface area contributed by atoms with Gasteiger partial charge < -0.3 is 10.4 Å². The number of benzene rings is 1. The highest BCUT2D eigenvalue weighted by atomic mass is 16.4. The van der Waals surface area contributed by atoms with Gasteiger partial charge in [-0.2, -0.15) is 0 Å². The van der Waals surface area contributed by atoms with Crippen LogP contribution in [0.3, 0.4) is 0 Å². The van der Waals surface area contributed by atoms with E-state index in [-0.39, 0.29) is 5.69 Å². The molecule has 1 unspecified atom stereocenters. The first kappa shape index (κ1) is 16.7. The highest BCUT2D eigenvalue weighted by molar-refractivity contribution is 5.95. The minimum Gasteiger partial charge on any atom is -0.480 e. The molecule has 1 aromatic heterocycles. The Bertz CT molecular complexity index is 682. The third-order valence-electron chi connectivity index (χ3n) is 3.56. The topological polar surface area (TPSA) is 97.1 Å². The summed E-state index contributed by atoms with van der Waals surface area (Å²) in [5.41, 5.74) is 1.49. The van der Waals surface area contributed by atoms with Crippen molar-refractivity contribution < 1.29 is 14.7 Å². The second kappa shape index (κ2) is 7.53. The van der Waals surface area contributed by atoms with Gasteiger partial charge in [0.2, 0.25) is 0 Å². The molecule has 0 saturated heterocycles. The molecule has 23 heavy (non-hydrogen) atoms. The Morgan fingerprint density at radius 2 is 2.00 bits per heavy atom. The summed E-state index contributed by atoms with van der Waals surface area (Å²) in [5.74, 6) is -1.56. The van der Waals surface area contributed by atoms with Crippen LogP contribution < -0.4 is 5.32 Å². The summed E-state index contributed by atoms with van der Waals surface area (Å²) in [5, 5.41) is 19.6. The third kappa shape index (κ3) is 3.94. The predicted molar refractivity (Wildman–Crippen MR) is 84.5 cm³/mol. The molecule has 7 heteroatoms. The first-order valence-electron chi connectivity index (χ1n) is 7.56. The quantitative estimate of drug-likeness (QED) is 0.813. The fourth-order valence-corrected chi connectivity index (χ4v) is 2.25. The molecule has 7 nitrogen and oxygen atoms in total. The van der Waals surface area contributed by atoms with Crippen LogP contribution in [0.2, 0.25) is 0 Å². The van der Waals surface area contributed by atoms with Gasteiger partial charge in [-0.15, -0.1) is 5.10 Å². The Hall–Kier alpha value is -2.70. The zero-order chi connectivity index (χ0) is 16.8. The van der Waals surface area contributed by atoms with E-state index >= 15 is 0 Å². The van der Waals surface area contributed by atoms with Crippen molar-refractivity contribution in [3.63, 3.8) is 0 Å². The van der Waals surface area contributed by atoms with Crippen LogP contribution in [-0.2, 0) is 4.79 Å². The van der Waals surface area contributed by atoms with E-state index in [4.69, 9.17) is 0 Å². The summed E-state index contributed by atoms with van der Waals surface area (Å²) in [6.07, 6.45) is 1.99. The Morgan fingerprint density at radius 3 is 2.61 bits per heavy atom. The number of nitrogens with zero attached hydrogens (tertiary/aromatic N) is 3. The Balaban J connectivity index is 2.17. The van der Waals surface area contributed by atoms with Gasteiger partial charge in [-0.05, 0) is 25.5 Å². The summed E-state index contributed by atoms with van der Waals surface area (Å²) in [6.45, 7) is 3.69. The fraction of sp³-hybridized carbons (Fsp3) is 0.375. The highest BCUT2D eigenvalue weighted by Gasteiger charge is 2.23.